The summed E-state index contributed by atoms with van der Waals surface area (Å²) in [4.78, 5) is 12.2. The lowest BCUT2D eigenvalue weighted by molar-refractivity contribution is -0.119. The first kappa shape index (κ1) is 20.6. The molecule has 0 unspecified atom stereocenters. The summed E-state index contributed by atoms with van der Waals surface area (Å²) in [5.74, 6) is 1.13. The van der Waals surface area contributed by atoms with Crippen molar-refractivity contribution < 1.29 is 14.3 Å². The van der Waals surface area contributed by atoms with E-state index in [0.29, 0.717) is 11.5 Å². The van der Waals surface area contributed by atoms with E-state index in [1.54, 1.807) is 6.21 Å². The molecular formula is C26H24N4O3. The van der Waals surface area contributed by atoms with Gasteiger partial charge < -0.3 is 19.4 Å². The molecule has 33 heavy (non-hydrogen) atoms. The lowest BCUT2D eigenvalue weighted by Crippen LogP contribution is -2.25. The Balaban J connectivity index is 1.23. The van der Waals surface area contributed by atoms with Gasteiger partial charge >= 0.3 is 0 Å². The maximum Gasteiger partial charge on any atom is 0.259 e. The van der Waals surface area contributed by atoms with Crippen molar-refractivity contribution in [2.45, 2.75) is 13.5 Å². The summed E-state index contributed by atoms with van der Waals surface area (Å²) >= 11 is 0. The Kier molecular flexibility index (Phi) is 5.68. The molecule has 0 saturated heterocycles. The molecule has 0 spiro atoms. The molecule has 166 valence electrons. The highest BCUT2D eigenvalue weighted by atomic mass is 16.7. The Morgan fingerprint density at radius 2 is 1.88 bits per heavy atom. The molecule has 0 bridgehead atoms. The van der Waals surface area contributed by atoms with E-state index in [1.165, 1.54) is 11.1 Å². The number of para-hydroxylation sites is 1. The second-order valence-electron chi connectivity index (χ2n) is 7.93. The summed E-state index contributed by atoms with van der Waals surface area (Å²) in [5.41, 5.74) is 7.90. The maximum absolute atomic E-state index is 12.2. The monoisotopic (exact) mass is 440 g/mol. The minimum atomic E-state index is -0.243. The van der Waals surface area contributed by atoms with Crippen molar-refractivity contribution in [3.63, 3.8) is 0 Å². The van der Waals surface area contributed by atoms with Crippen LogP contribution in [0.5, 0.6) is 11.5 Å². The molecule has 0 fully saturated rings. The van der Waals surface area contributed by atoms with Crippen LogP contribution in [0.4, 0.5) is 5.69 Å². The van der Waals surface area contributed by atoms with Crippen molar-refractivity contribution in [2.75, 3.05) is 18.7 Å². The number of hydrogen-bond acceptors (Lipinski definition) is 5. The van der Waals surface area contributed by atoms with E-state index in [2.05, 4.69) is 69.9 Å². The highest BCUT2D eigenvalue weighted by Crippen LogP contribution is 2.34. The van der Waals surface area contributed by atoms with Gasteiger partial charge in [0.15, 0.2) is 11.5 Å². The number of aromatic nitrogens is 1. The molecule has 1 aliphatic rings. The van der Waals surface area contributed by atoms with E-state index in [4.69, 9.17) is 9.47 Å². The number of aryl methyl sites for hydroxylation is 1. The van der Waals surface area contributed by atoms with Gasteiger partial charge in [-0.3, -0.25) is 4.79 Å². The second kappa shape index (κ2) is 9.08. The number of anilines is 1. The normalized spacial score (nSPS) is 12.4. The number of hydrazone groups is 1. The van der Waals surface area contributed by atoms with E-state index in [9.17, 15) is 4.79 Å². The van der Waals surface area contributed by atoms with Gasteiger partial charge in [-0.2, -0.15) is 5.10 Å². The summed E-state index contributed by atoms with van der Waals surface area (Å²) in [7, 11) is 0. The fraction of sp³-hybridized carbons (Fsp3) is 0.154. The fourth-order valence-corrected chi connectivity index (χ4v) is 3.80. The third-order valence-electron chi connectivity index (χ3n) is 5.51. The SMILES string of the molecule is Cc1ccc(Cn2cc(/C=N\NC(=O)CNc3ccc4c(c3)OCO4)c3ccccc32)cc1. The summed E-state index contributed by atoms with van der Waals surface area (Å²) in [6, 6.07) is 22.2. The number of fused-ring (bicyclic) bond motifs is 2. The first-order chi connectivity index (χ1) is 16.2. The van der Waals surface area contributed by atoms with Crippen LogP contribution in [-0.2, 0) is 11.3 Å². The molecule has 0 aliphatic carbocycles. The van der Waals surface area contributed by atoms with Crippen molar-refractivity contribution >= 4 is 28.7 Å². The molecule has 5 rings (SSSR count). The van der Waals surface area contributed by atoms with Gasteiger partial charge in [0.1, 0.15) is 0 Å². The molecule has 0 atom stereocenters. The van der Waals surface area contributed by atoms with Crippen LogP contribution in [0.2, 0.25) is 0 Å². The summed E-state index contributed by atoms with van der Waals surface area (Å²) in [5, 5.41) is 8.32. The number of nitrogens with one attached hydrogen (secondary N) is 2. The Bertz CT molecular complexity index is 1330. The van der Waals surface area contributed by atoms with Crippen molar-refractivity contribution in [1.82, 2.24) is 9.99 Å². The number of ether oxygens (including phenoxy) is 2. The van der Waals surface area contributed by atoms with Crippen LogP contribution in [0.1, 0.15) is 16.7 Å². The highest BCUT2D eigenvalue weighted by Gasteiger charge is 2.13. The third-order valence-corrected chi connectivity index (χ3v) is 5.51. The van der Waals surface area contributed by atoms with Gasteiger partial charge in [-0.15, -0.1) is 0 Å². The minimum absolute atomic E-state index is 0.0895. The van der Waals surface area contributed by atoms with E-state index < -0.39 is 0 Å². The number of rotatable bonds is 7. The van der Waals surface area contributed by atoms with Gasteiger partial charge in [-0.05, 0) is 30.7 Å². The first-order valence-corrected chi connectivity index (χ1v) is 10.7. The number of hydrogen-bond donors (Lipinski definition) is 2. The molecule has 3 aromatic carbocycles. The van der Waals surface area contributed by atoms with Crippen molar-refractivity contribution in [2.24, 2.45) is 5.10 Å². The molecule has 1 amide bonds. The van der Waals surface area contributed by atoms with Crippen LogP contribution in [0, 0.1) is 6.92 Å². The minimum Gasteiger partial charge on any atom is -0.454 e. The standard InChI is InChI=1S/C26H24N4O3/c1-18-6-8-19(9-7-18)15-30-16-20(22-4-2-3-5-23(22)30)13-28-29-26(31)14-27-21-10-11-24-25(12-21)33-17-32-24/h2-13,16,27H,14-15,17H2,1H3,(H,29,31)/b28-13-. The zero-order chi connectivity index (χ0) is 22.6. The predicted octanol–water partition coefficient (Wildman–Crippen LogP) is 4.29. The predicted molar refractivity (Wildman–Crippen MR) is 129 cm³/mol. The average Bonchev–Trinajstić information content (AvgIpc) is 3.44. The van der Waals surface area contributed by atoms with E-state index in [1.807, 2.05) is 30.3 Å². The van der Waals surface area contributed by atoms with Gasteiger partial charge in [-0.25, -0.2) is 5.43 Å². The third kappa shape index (κ3) is 4.67. The molecule has 2 N–H and O–H groups in total. The second-order valence-corrected chi connectivity index (χ2v) is 7.93. The van der Waals surface area contributed by atoms with Gasteiger partial charge in [0.2, 0.25) is 6.79 Å². The molecule has 0 radical (unpaired) electrons. The first-order valence-electron chi connectivity index (χ1n) is 10.7. The number of carbonyl (C=O) groups excluding carboxylic acids is 1. The number of benzene rings is 3. The molecule has 7 nitrogen and oxygen atoms in total. The van der Waals surface area contributed by atoms with Crippen LogP contribution in [0.3, 0.4) is 0 Å². The number of carbonyl (C=O) groups is 1. The zero-order valence-corrected chi connectivity index (χ0v) is 18.2. The summed E-state index contributed by atoms with van der Waals surface area (Å²) in [6.45, 7) is 3.16. The molecule has 4 aromatic rings. The Labute approximate surface area is 191 Å². The number of nitrogens with zero attached hydrogens (tertiary/aromatic N) is 2. The maximum atomic E-state index is 12.2. The Morgan fingerprint density at radius 3 is 2.76 bits per heavy atom. The van der Waals surface area contributed by atoms with Crippen LogP contribution in [0.15, 0.2) is 78.0 Å². The largest absolute Gasteiger partial charge is 0.454 e. The van der Waals surface area contributed by atoms with E-state index in [-0.39, 0.29) is 19.2 Å². The zero-order valence-electron chi connectivity index (χ0n) is 18.2. The fourth-order valence-electron chi connectivity index (χ4n) is 3.80. The van der Waals surface area contributed by atoms with Gasteiger partial charge in [-0.1, -0.05) is 48.0 Å². The Morgan fingerprint density at radius 1 is 1.06 bits per heavy atom. The molecule has 1 aromatic heterocycles. The molecular weight excluding hydrogens is 416 g/mol. The number of amides is 1. The van der Waals surface area contributed by atoms with E-state index >= 15 is 0 Å². The van der Waals surface area contributed by atoms with E-state index in [0.717, 1.165) is 28.7 Å². The highest BCUT2D eigenvalue weighted by molar-refractivity contribution is 5.99. The lowest BCUT2D eigenvalue weighted by Gasteiger charge is -2.06. The smallest absolute Gasteiger partial charge is 0.259 e. The van der Waals surface area contributed by atoms with Crippen LogP contribution in [-0.4, -0.2) is 30.0 Å². The van der Waals surface area contributed by atoms with Gasteiger partial charge in [0.05, 0.1) is 12.8 Å². The molecule has 2 heterocycles. The van der Waals surface area contributed by atoms with Crippen LogP contribution < -0.4 is 20.2 Å². The average molecular weight is 441 g/mol. The molecule has 7 heteroatoms. The van der Waals surface area contributed by atoms with Crippen molar-refractivity contribution in [3.8, 4) is 11.5 Å². The molecule has 0 saturated carbocycles. The van der Waals surface area contributed by atoms with Crippen molar-refractivity contribution in [3.05, 3.63) is 89.6 Å². The van der Waals surface area contributed by atoms with Crippen LogP contribution in [0.25, 0.3) is 10.9 Å². The van der Waals surface area contributed by atoms with Gasteiger partial charge in [0.25, 0.3) is 5.91 Å². The lowest BCUT2D eigenvalue weighted by atomic mass is 10.1. The topological polar surface area (TPSA) is 76.9 Å². The van der Waals surface area contributed by atoms with Gasteiger partial charge in [0, 0.05) is 41.0 Å². The summed E-state index contributed by atoms with van der Waals surface area (Å²) < 4.78 is 12.8. The summed E-state index contributed by atoms with van der Waals surface area (Å²) in [6.07, 6.45) is 3.75. The quantitative estimate of drug-likeness (QED) is 0.332. The van der Waals surface area contributed by atoms with Crippen molar-refractivity contribution in [1.29, 1.82) is 0 Å². The molecule has 1 aliphatic heterocycles. The van der Waals surface area contributed by atoms with Crippen LogP contribution >= 0.6 is 0 Å². The Hall–Kier alpha value is -4.26.